The van der Waals surface area contributed by atoms with Crippen LogP contribution in [0, 0.1) is 0 Å². The third-order valence-corrected chi connectivity index (χ3v) is 9.29. The molecule has 6 aromatic rings. The lowest BCUT2D eigenvalue weighted by Crippen LogP contribution is -2.31. The molecule has 0 saturated heterocycles. The molecular formula is C42H40N4. The molecule has 228 valence electrons. The van der Waals surface area contributed by atoms with E-state index in [1.54, 1.807) is 0 Å². The molecule has 46 heavy (non-hydrogen) atoms. The van der Waals surface area contributed by atoms with E-state index < -0.39 is 0 Å². The van der Waals surface area contributed by atoms with Gasteiger partial charge >= 0.3 is 0 Å². The summed E-state index contributed by atoms with van der Waals surface area (Å²) in [6.07, 6.45) is 0. The van der Waals surface area contributed by atoms with Crippen LogP contribution >= 0.6 is 0 Å². The Kier molecular flexibility index (Phi) is 7.52. The van der Waals surface area contributed by atoms with Gasteiger partial charge in [0.15, 0.2) is 17.5 Å². The number of hydrogen-bond acceptors (Lipinski definition) is 4. The Bertz CT molecular complexity index is 1890. The first-order valence-corrected chi connectivity index (χ1v) is 16.3. The van der Waals surface area contributed by atoms with Gasteiger partial charge in [-0.05, 0) is 70.5 Å². The Morgan fingerprint density at radius 2 is 0.870 bits per heavy atom. The van der Waals surface area contributed by atoms with Crippen LogP contribution in [-0.4, -0.2) is 15.0 Å². The molecule has 0 radical (unpaired) electrons. The second-order valence-corrected chi connectivity index (χ2v) is 13.4. The third-order valence-electron chi connectivity index (χ3n) is 9.29. The van der Waals surface area contributed by atoms with E-state index in [4.69, 9.17) is 15.0 Å². The predicted molar refractivity (Wildman–Crippen MR) is 191 cm³/mol. The number of anilines is 3. The van der Waals surface area contributed by atoms with Crippen molar-refractivity contribution in [3.8, 4) is 34.2 Å². The third kappa shape index (κ3) is 5.28. The van der Waals surface area contributed by atoms with E-state index in [0.29, 0.717) is 29.3 Å². The molecule has 2 heterocycles. The van der Waals surface area contributed by atoms with Crippen LogP contribution in [0.5, 0.6) is 0 Å². The van der Waals surface area contributed by atoms with Crippen molar-refractivity contribution in [3.63, 3.8) is 0 Å². The average Bonchev–Trinajstić information content (AvgIpc) is 3.09. The topological polar surface area (TPSA) is 41.9 Å². The van der Waals surface area contributed by atoms with Crippen LogP contribution in [0.25, 0.3) is 34.2 Å². The minimum absolute atomic E-state index is 0.135. The van der Waals surface area contributed by atoms with Gasteiger partial charge in [-0.2, -0.15) is 0 Å². The lowest BCUT2D eigenvalue weighted by atomic mass is 9.72. The second-order valence-electron chi connectivity index (χ2n) is 13.4. The van der Waals surface area contributed by atoms with Gasteiger partial charge in [0.25, 0.3) is 0 Å². The molecule has 0 unspecified atom stereocenters. The predicted octanol–water partition coefficient (Wildman–Crippen LogP) is 11.2. The highest BCUT2D eigenvalue weighted by atomic mass is 15.2. The Hall–Kier alpha value is -5.09. The highest BCUT2D eigenvalue weighted by molar-refractivity contribution is 5.87. The largest absolute Gasteiger partial charge is 0.310 e. The van der Waals surface area contributed by atoms with Crippen LogP contribution in [-0.2, 0) is 5.41 Å². The zero-order valence-electron chi connectivity index (χ0n) is 27.5. The lowest BCUT2D eigenvalue weighted by Gasteiger charge is -2.43. The summed E-state index contributed by atoms with van der Waals surface area (Å²) >= 11 is 0. The van der Waals surface area contributed by atoms with Gasteiger partial charge in [-0.1, -0.05) is 126 Å². The molecule has 0 bridgehead atoms. The molecule has 0 N–H and O–H groups in total. The smallest absolute Gasteiger partial charge is 0.164 e. The van der Waals surface area contributed by atoms with E-state index in [-0.39, 0.29) is 5.41 Å². The molecule has 4 heteroatoms. The summed E-state index contributed by atoms with van der Waals surface area (Å²) in [6, 6.07) is 42.9. The molecule has 5 aromatic carbocycles. The summed E-state index contributed by atoms with van der Waals surface area (Å²) in [7, 11) is 0. The first-order valence-electron chi connectivity index (χ1n) is 16.3. The minimum atomic E-state index is -0.135. The van der Waals surface area contributed by atoms with Gasteiger partial charge < -0.3 is 4.90 Å². The van der Waals surface area contributed by atoms with Crippen LogP contribution in [0.15, 0.2) is 121 Å². The standard InChI is InChI=1S/C42H40N4/c1-27(2)32-19-23-37-35(25-32)42(5,6)36-26-33(28(3)4)20-24-38(36)46(37)34-21-17-31(18-22-34)41-44-39(29-13-9-7-10-14-29)43-40(45-41)30-15-11-8-12-16-30/h7-28H,1-6H3. The SMILES string of the molecule is CC(C)c1ccc2c(c1)C(C)(C)c1cc(C(C)C)ccc1N2c1ccc(-c2nc(-c3ccccc3)nc(-c3ccccc3)n2)cc1. The first kappa shape index (κ1) is 29.6. The van der Waals surface area contributed by atoms with E-state index in [2.05, 4.69) is 107 Å². The molecule has 0 saturated carbocycles. The van der Waals surface area contributed by atoms with Crippen molar-refractivity contribution in [2.24, 2.45) is 0 Å². The lowest BCUT2D eigenvalue weighted by molar-refractivity contribution is 0.627. The molecule has 4 nitrogen and oxygen atoms in total. The van der Waals surface area contributed by atoms with Gasteiger partial charge in [-0.3, -0.25) is 0 Å². The first-order chi connectivity index (χ1) is 22.2. The van der Waals surface area contributed by atoms with Gasteiger partial charge in [0.2, 0.25) is 0 Å². The average molecular weight is 601 g/mol. The van der Waals surface area contributed by atoms with Gasteiger partial charge in [-0.15, -0.1) is 0 Å². The monoisotopic (exact) mass is 600 g/mol. The van der Waals surface area contributed by atoms with E-state index in [0.717, 1.165) is 22.4 Å². The zero-order valence-corrected chi connectivity index (χ0v) is 27.5. The summed E-state index contributed by atoms with van der Waals surface area (Å²) in [5.41, 5.74) is 11.7. The van der Waals surface area contributed by atoms with Crippen LogP contribution in [0.4, 0.5) is 17.1 Å². The van der Waals surface area contributed by atoms with Crippen LogP contribution in [0.2, 0.25) is 0 Å². The van der Waals surface area contributed by atoms with Crippen molar-refractivity contribution in [1.29, 1.82) is 0 Å². The number of nitrogens with zero attached hydrogens (tertiary/aromatic N) is 4. The fourth-order valence-electron chi connectivity index (χ4n) is 6.47. The van der Waals surface area contributed by atoms with Crippen molar-refractivity contribution < 1.29 is 0 Å². The summed E-state index contributed by atoms with van der Waals surface area (Å²) in [4.78, 5) is 17.2. The van der Waals surface area contributed by atoms with Crippen molar-refractivity contribution in [2.75, 3.05) is 4.90 Å². The molecule has 0 fully saturated rings. The van der Waals surface area contributed by atoms with Crippen molar-refractivity contribution in [2.45, 2.75) is 58.8 Å². The zero-order chi connectivity index (χ0) is 32.0. The highest BCUT2D eigenvalue weighted by Gasteiger charge is 2.37. The Morgan fingerprint density at radius 1 is 0.478 bits per heavy atom. The maximum Gasteiger partial charge on any atom is 0.164 e. The number of aromatic nitrogens is 3. The molecule has 1 aromatic heterocycles. The number of fused-ring (bicyclic) bond motifs is 2. The number of benzene rings is 5. The van der Waals surface area contributed by atoms with Gasteiger partial charge in [-0.25, -0.2) is 15.0 Å². The number of rotatable bonds is 6. The molecule has 7 rings (SSSR count). The van der Waals surface area contributed by atoms with Crippen LogP contribution in [0.3, 0.4) is 0 Å². The Balaban J connectivity index is 1.35. The summed E-state index contributed by atoms with van der Waals surface area (Å²) in [5.74, 6) is 2.90. The van der Waals surface area contributed by atoms with Crippen LogP contribution in [0.1, 0.15) is 75.6 Å². The normalized spacial score (nSPS) is 13.5. The minimum Gasteiger partial charge on any atom is -0.310 e. The van der Waals surface area contributed by atoms with E-state index in [9.17, 15) is 0 Å². The Labute approximate surface area is 272 Å². The van der Waals surface area contributed by atoms with E-state index in [1.807, 2.05) is 60.7 Å². The number of hydrogen-bond donors (Lipinski definition) is 0. The van der Waals surface area contributed by atoms with Crippen molar-refractivity contribution in [1.82, 2.24) is 15.0 Å². The second kappa shape index (κ2) is 11.7. The van der Waals surface area contributed by atoms with Crippen molar-refractivity contribution >= 4 is 17.1 Å². The fraction of sp³-hybridized carbons (Fsp3) is 0.214. The fourth-order valence-corrected chi connectivity index (χ4v) is 6.47. The van der Waals surface area contributed by atoms with Gasteiger partial charge in [0.1, 0.15) is 0 Å². The maximum atomic E-state index is 4.95. The van der Waals surface area contributed by atoms with E-state index in [1.165, 1.54) is 33.6 Å². The summed E-state index contributed by atoms with van der Waals surface area (Å²) in [6.45, 7) is 13.8. The quantitative estimate of drug-likeness (QED) is 0.191. The maximum absolute atomic E-state index is 4.95. The Morgan fingerprint density at radius 3 is 1.26 bits per heavy atom. The van der Waals surface area contributed by atoms with Crippen molar-refractivity contribution in [3.05, 3.63) is 144 Å². The molecule has 1 aliphatic heterocycles. The molecule has 0 aliphatic carbocycles. The van der Waals surface area contributed by atoms with Gasteiger partial charge in [0, 0.05) is 27.8 Å². The van der Waals surface area contributed by atoms with Gasteiger partial charge in [0.05, 0.1) is 11.4 Å². The van der Waals surface area contributed by atoms with Crippen LogP contribution < -0.4 is 4.90 Å². The summed E-state index contributed by atoms with van der Waals surface area (Å²) < 4.78 is 0. The molecular weight excluding hydrogens is 560 g/mol. The van der Waals surface area contributed by atoms with E-state index >= 15 is 0 Å². The summed E-state index contributed by atoms with van der Waals surface area (Å²) in [5, 5.41) is 0. The highest BCUT2D eigenvalue weighted by Crippen LogP contribution is 2.53. The molecule has 0 amide bonds. The molecule has 0 spiro atoms. The molecule has 0 atom stereocenters. The molecule has 1 aliphatic rings.